The van der Waals surface area contributed by atoms with Crippen molar-refractivity contribution in [3.05, 3.63) is 40.7 Å². The fourth-order valence-electron chi connectivity index (χ4n) is 1.91. The van der Waals surface area contributed by atoms with Gasteiger partial charge in [0, 0.05) is 23.7 Å². The van der Waals surface area contributed by atoms with E-state index in [0.717, 1.165) is 41.1 Å². The molecule has 19 heavy (non-hydrogen) atoms. The molecule has 0 saturated heterocycles. The number of hydrogen-bond donors (Lipinski definition) is 0. The number of thioether (sulfide) groups is 1. The summed E-state index contributed by atoms with van der Waals surface area (Å²) >= 11 is 7.71. The molecule has 0 unspecified atom stereocenters. The zero-order chi connectivity index (χ0) is 13.7. The highest BCUT2D eigenvalue weighted by Gasteiger charge is 2.10. The van der Waals surface area contributed by atoms with Crippen molar-refractivity contribution in [2.24, 2.45) is 0 Å². The SMILES string of the molecule is CCCn1c(CC)nnc1SCc1cccc(Cl)c1. The maximum atomic E-state index is 5.99. The van der Waals surface area contributed by atoms with Crippen LogP contribution in [0, 0.1) is 0 Å². The smallest absolute Gasteiger partial charge is 0.191 e. The molecule has 0 saturated carbocycles. The van der Waals surface area contributed by atoms with Gasteiger partial charge >= 0.3 is 0 Å². The Labute approximate surface area is 123 Å². The van der Waals surface area contributed by atoms with Gasteiger partial charge in [-0.05, 0) is 24.1 Å². The minimum Gasteiger partial charge on any atom is -0.306 e. The van der Waals surface area contributed by atoms with Gasteiger partial charge in [-0.1, -0.05) is 49.3 Å². The molecule has 1 heterocycles. The Bertz CT molecular complexity index is 539. The van der Waals surface area contributed by atoms with E-state index in [0.29, 0.717) is 0 Å². The molecule has 102 valence electrons. The largest absolute Gasteiger partial charge is 0.306 e. The third-order valence-electron chi connectivity index (χ3n) is 2.81. The van der Waals surface area contributed by atoms with Gasteiger partial charge in [0.1, 0.15) is 5.82 Å². The predicted molar refractivity (Wildman–Crippen MR) is 80.7 cm³/mol. The minimum atomic E-state index is 0.780. The number of rotatable bonds is 6. The molecule has 0 spiro atoms. The second-order valence-electron chi connectivity index (χ2n) is 4.32. The van der Waals surface area contributed by atoms with E-state index < -0.39 is 0 Å². The van der Waals surface area contributed by atoms with Gasteiger partial charge in [0.05, 0.1) is 0 Å². The number of halogens is 1. The maximum absolute atomic E-state index is 5.99. The Morgan fingerprint density at radius 2 is 2.11 bits per heavy atom. The first kappa shape index (κ1) is 14.4. The second-order valence-corrected chi connectivity index (χ2v) is 5.70. The van der Waals surface area contributed by atoms with E-state index in [4.69, 9.17) is 11.6 Å². The lowest BCUT2D eigenvalue weighted by Crippen LogP contribution is -2.03. The first-order valence-corrected chi connectivity index (χ1v) is 7.90. The quantitative estimate of drug-likeness (QED) is 0.749. The van der Waals surface area contributed by atoms with Crippen molar-refractivity contribution in [1.82, 2.24) is 14.8 Å². The Morgan fingerprint density at radius 1 is 1.26 bits per heavy atom. The number of nitrogens with zero attached hydrogens (tertiary/aromatic N) is 3. The van der Waals surface area contributed by atoms with Gasteiger partial charge in [-0.15, -0.1) is 10.2 Å². The first-order chi connectivity index (χ1) is 9.24. The lowest BCUT2D eigenvalue weighted by molar-refractivity contribution is 0.595. The van der Waals surface area contributed by atoms with Gasteiger partial charge < -0.3 is 4.57 Å². The summed E-state index contributed by atoms with van der Waals surface area (Å²) in [4.78, 5) is 0. The number of hydrogen-bond acceptors (Lipinski definition) is 3. The van der Waals surface area contributed by atoms with Crippen molar-refractivity contribution >= 4 is 23.4 Å². The zero-order valence-electron chi connectivity index (χ0n) is 11.3. The summed E-state index contributed by atoms with van der Waals surface area (Å²) in [5, 5.41) is 10.3. The van der Waals surface area contributed by atoms with Crippen molar-refractivity contribution in [3.63, 3.8) is 0 Å². The number of aryl methyl sites for hydroxylation is 1. The predicted octanol–water partition coefficient (Wildman–Crippen LogP) is 4.20. The lowest BCUT2D eigenvalue weighted by atomic mass is 10.2. The minimum absolute atomic E-state index is 0.780. The van der Waals surface area contributed by atoms with E-state index in [2.05, 4.69) is 34.7 Å². The van der Waals surface area contributed by atoms with Crippen molar-refractivity contribution in [3.8, 4) is 0 Å². The van der Waals surface area contributed by atoms with Crippen LogP contribution in [0.1, 0.15) is 31.7 Å². The fraction of sp³-hybridized carbons (Fsp3) is 0.429. The van der Waals surface area contributed by atoms with E-state index in [-0.39, 0.29) is 0 Å². The van der Waals surface area contributed by atoms with Crippen LogP contribution in [0.2, 0.25) is 5.02 Å². The highest BCUT2D eigenvalue weighted by molar-refractivity contribution is 7.98. The second kappa shape index (κ2) is 6.96. The Hall–Kier alpha value is -1.00. The maximum Gasteiger partial charge on any atom is 0.191 e. The molecule has 0 atom stereocenters. The summed E-state index contributed by atoms with van der Waals surface area (Å²) in [6, 6.07) is 7.95. The molecule has 2 rings (SSSR count). The number of aromatic nitrogens is 3. The summed E-state index contributed by atoms with van der Waals surface area (Å²) in [6.07, 6.45) is 2.01. The van der Waals surface area contributed by atoms with Crippen LogP contribution in [0.3, 0.4) is 0 Å². The van der Waals surface area contributed by atoms with Crippen LogP contribution in [0.4, 0.5) is 0 Å². The third-order valence-corrected chi connectivity index (χ3v) is 4.09. The molecule has 0 N–H and O–H groups in total. The van der Waals surface area contributed by atoms with Gasteiger partial charge in [0.15, 0.2) is 5.16 Å². The first-order valence-electron chi connectivity index (χ1n) is 6.54. The molecule has 1 aromatic carbocycles. The molecular formula is C14H18ClN3S. The molecule has 0 fully saturated rings. The lowest BCUT2D eigenvalue weighted by Gasteiger charge is -2.07. The molecule has 5 heteroatoms. The van der Waals surface area contributed by atoms with E-state index in [1.54, 1.807) is 11.8 Å². The van der Waals surface area contributed by atoms with Crippen LogP contribution < -0.4 is 0 Å². The van der Waals surface area contributed by atoms with Crippen LogP contribution in [0.5, 0.6) is 0 Å². The molecule has 2 aromatic rings. The molecule has 0 aliphatic rings. The standard InChI is InChI=1S/C14H18ClN3S/c1-3-8-18-13(4-2)16-17-14(18)19-10-11-6-5-7-12(15)9-11/h5-7,9H,3-4,8,10H2,1-2H3. The molecular weight excluding hydrogens is 278 g/mol. The van der Waals surface area contributed by atoms with Crippen molar-refractivity contribution < 1.29 is 0 Å². The van der Waals surface area contributed by atoms with E-state index in [1.807, 2.05) is 18.2 Å². The zero-order valence-corrected chi connectivity index (χ0v) is 12.8. The highest BCUT2D eigenvalue weighted by atomic mass is 35.5. The fourth-order valence-corrected chi connectivity index (χ4v) is 3.05. The monoisotopic (exact) mass is 295 g/mol. The molecule has 0 bridgehead atoms. The normalized spacial score (nSPS) is 10.9. The Morgan fingerprint density at radius 3 is 2.79 bits per heavy atom. The topological polar surface area (TPSA) is 30.7 Å². The molecule has 0 amide bonds. The van der Waals surface area contributed by atoms with Gasteiger partial charge in [-0.2, -0.15) is 0 Å². The van der Waals surface area contributed by atoms with Gasteiger partial charge in [0.2, 0.25) is 0 Å². The third kappa shape index (κ3) is 3.74. The van der Waals surface area contributed by atoms with E-state index in [9.17, 15) is 0 Å². The summed E-state index contributed by atoms with van der Waals surface area (Å²) in [6.45, 7) is 5.26. The average molecular weight is 296 g/mol. The van der Waals surface area contributed by atoms with Crippen molar-refractivity contribution in [1.29, 1.82) is 0 Å². The molecule has 0 aliphatic carbocycles. The van der Waals surface area contributed by atoms with Crippen molar-refractivity contribution in [2.45, 2.75) is 44.1 Å². The molecule has 3 nitrogen and oxygen atoms in total. The van der Waals surface area contributed by atoms with E-state index in [1.165, 1.54) is 5.56 Å². The van der Waals surface area contributed by atoms with Crippen molar-refractivity contribution in [2.75, 3.05) is 0 Å². The molecule has 0 radical (unpaired) electrons. The summed E-state index contributed by atoms with van der Waals surface area (Å²) in [7, 11) is 0. The van der Waals surface area contributed by atoms with E-state index >= 15 is 0 Å². The molecule has 0 aliphatic heterocycles. The highest BCUT2D eigenvalue weighted by Crippen LogP contribution is 2.23. The Balaban J connectivity index is 2.08. The van der Waals surface area contributed by atoms with Crippen LogP contribution in [-0.4, -0.2) is 14.8 Å². The average Bonchev–Trinajstić information content (AvgIpc) is 2.79. The van der Waals surface area contributed by atoms with Crippen LogP contribution in [0.25, 0.3) is 0 Å². The summed E-state index contributed by atoms with van der Waals surface area (Å²) < 4.78 is 2.22. The van der Waals surface area contributed by atoms with Gasteiger partial charge in [-0.25, -0.2) is 0 Å². The van der Waals surface area contributed by atoms with Crippen LogP contribution in [0.15, 0.2) is 29.4 Å². The molecule has 1 aromatic heterocycles. The number of benzene rings is 1. The van der Waals surface area contributed by atoms with Gasteiger partial charge in [0.25, 0.3) is 0 Å². The summed E-state index contributed by atoms with van der Waals surface area (Å²) in [5.74, 6) is 1.93. The summed E-state index contributed by atoms with van der Waals surface area (Å²) in [5.41, 5.74) is 1.21. The van der Waals surface area contributed by atoms with Crippen LogP contribution >= 0.6 is 23.4 Å². The van der Waals surface area contributed by atoms with Gasteiger partial charge in [-0.3, -0.25) is 0 Å². The Kier molecular flexibility index (Phi) is 5.28. The van der Waals surface area contributed by atoms with Crippen LogP contribution in [-0.2, 0) is 18.7 Å².